The van der Waals surface area contributed by atoms with Crippen molar-refractivity contribution in [1.82, 2.24) is 0 Å². The number of hydrogen-bond acceptors (Lipinski definition) is 3. The maximum atomic E-state index is 6.97. The molecule has 0 amide bonds. The first-order chi connectivity index (χ1) is 16.1. The van der Waals surface area contributed by atoms with Crippen molar-refractivity contribution in [2.24, 2.45) is 10.4 Å². The van der Waals surface area contributed by atoms with Crippen molar-refractivity contribution in [3.63, 3.8) is 0 Å². The fourth-order valence-electron chi connectivity index (χ4n) is 4.25. The van der Waals surface area contributed by atoms with E-state index in [1.165, 1.54) is 21.7 Å². The van der Waals surface area contributed by atoms with Crippen molar-refractivity contribution in [2.45, 2.75) is 59.9 Å². The van der Waals surface area contributed by atoms with Crippen LogP contribution in [0.3, 0.4) is 0 Å². The van der Waals surface area contributed by atoms with Gasteiger partial charge in [0.15, 0.2) is 14.0 Å². The highest BCUT2D eigenvalue weighted by atomic mass is 31.1. The van der Waals surface area contributed by atoms with Crippen LogP contribution in [0.2, 0.25) is 0 Å². The second-order valence-electron chi connectivity index (χ2n) is 10.7. The summed E-state index contributed by atoms with van der Waals surface area (Å²) >= 11 is 0. The van der Waals surface area contributed by atoms with Gasteiger partial charge < -0.3 is 9.26 Å². The van der Waals surface area contributed by atoms with Crippen LogP contribution in [0, 0.1) is 19.3 Å². The summed E-state index contributed by atoms with van der Waals surface area (Å²) in [6.45, 7) is 16.0. The molecule has 0 aromatic heterocycles. The van der Waals surface area contributed by atoms with Crippen molar-refractivity contribution in [3.8, 4) is 5.75 Å². The first-order valence-electron chi connectivity index (χ1n) is 12.0. The van der Waals surface area contributed by atoms with Crippen LogP contribution in [0.4, 0.5) is 0 Å². The molecule has 4 heteroatoms. The maximum absolute atomic E-state index is 6.97. The van der Waals surface area contributed by atoms with E-state index in [1.54, 1.807) is 0 Å². The Bertz CT molecular complexity index is 1150. The van der Waals surface area contributed by atoms with Gasteiger partial charge in [0, 0.05) is 16.2 Å². The third kappa shape index (κ3) is 4.91. The Balaban J connectivity index is 1.77. The number of aliphatic imine (C=N–C) groups is 1. The van der Waals surface area contributed by atoms with Crippen molar-refractivity contribution in [1.29, 1.82) is 0 Å². The Morgan fingerprint density at radius 2 is 1.32 bits per heavy atom. The van der Waals surface area contributed by atoms with E-state index in [-0.39, 0.29) is 11.5 Å². The molecule has 0 spiro atoms. The molecule has 3 nitrogen and oxygen atoms in total. The van der Waals surface area contributed by atoms with Crippen LogP contribution in [0.15, 0.2) is 77.8 Å². The summed E-state index contributed by atoms with van der Waals surface area (Å²) in [7, 11) is -1.05. The lowest BCUT2D eigenvalue weighted by molar-refractivity contribution is 0.227. The highest BCUT2D eigenvalue weighted by Gasteiger charge is 2.39. The lowest BCUT2D eigenvalue weighted by atomic mass is 9.83. The van der Waals surface area contributed by atoms with Crippen LogP contribution in [-0.2, 0) is 10.2 Å². The predicted molar refractivity (Wildman–Crippen MR) is 145 cm³/mol. The molecule has 0 aliphatic carbocycles. The van der Waals surface area contributed by atoms with Gasteiger partial charge in [0.1, 0.15) is 12.4 Å². The molecule has 1 atom stereocenters. The summed E-state index contributed by atoms with van der Waals surface area (Å²) in [6, 6.07) is 25.6. The highest BCUT2D eigenvalue weighted by Crippen LogP contribution is 2.44. The molecule has 0 unspecified atom stereocenters. The van der Waals surface area contributed by atoms with Gasteiger partial charge in [0.2, 0.25) is 0 Å². The largest absolute Gasteiger partial charge is 0.478 e. The van der Waals surface area contributed by atoms with Crippen LogP contribution >= 0.6 is 8.15 Å². The predicted octanol–water partition coefficient (Wildman–Crippen LogP) is 6.85. The van der Waals surface area contributed by atoms with Gasteiger partial charge in [-0.3, -0.25) is 0 Å². The number of hydrogen-bond donors (Lipinski definition) is 0. The molecule has 0 saturated heterocycles. The number of ether oxygens (including phenoxy) is 1. The van der Waals surface area contributed by atoms with Gasteiger partial charge in [0.05, 0.1) is 11.5 Å². The van der Waals surface area contributed by atoms with E-state index in [9.17, 15) is 0 Å². The minimum Gasteiger partial charge on any atom is -0.478 e. The lowest BCUT2D eigenvalue weighted by Crippen LogP contribution is -2.30. The molecule has 0 fully saturated rings. The molecule has 4 rings (SSSR count). The smallest absolute Gasteiger partial charge is 0.194 e. The molecule has 0 N–H and O–H groups in total. The first kappa shape index (κ1) is 24.5. The summed E-state index contributed by atoms with van der Waals surface area (Å²) in [6.07, 6.45) is 0. The quantitative estimate of drug-likeness (QED) is 0.367. The molecule has 3 aromatic carbocycles. The number of rotatable bonds is 6. The third-order valence-corrected chi connectivity index (χ3v) is 8.86. The topological polar surface area (TPSA) is 30.8 Å². The Hall–Kier alpha value is -2.64. The molecule has 0 radical (unpaired) electrons. The minimum atomic E-state index is -1.05. The zero-order chi connectivity index (χ0) is 24.5. The van der Waals surface area contributed by atoms with Crippen LogP contribution in [0.25, 0.3) is 0 Å². The van der Waals surface area contributed by atoms with E-state index in [0.717, 1.165) is 17.2 Å². The highest BCUT2D eigenvalue weighted by molar-refractivity contribution is 7.69. The van der Waals surface area contributed by atoms with Crippen LogP contribution in [-0.4, -0.2) is 18.5 Å². The van der Waals surface area contributed by atoms with Gasteiger partial charge in [-0.1, -0.05) is 87.5 Å². The number of para-hydroxylation sites is 1. The number of aryl methyl sites for hydroxylation is 2. The number of benzene rings is 3. The first-order valence-corrected chi connectivity index (χ1v) is 13.2. The molecule has 34 heavy (non-hydrogen) atoms. The summed E-state index contributed by atoms with van der Waals surface area (Å²) in [5, 5.41) is 2.48. The molecular formula is C30H36NO2P. The number of nitrogens with zero attached hydrogens (tertiary/aromatic N) is 1. The van der Waals surface area contributed by atoms with Gasteiger partial charge in [-0.2, -0.15) is 0 Å². The van der Waals surface area contributed by atoms with Crippen molar-refractivity contribution in [2.75, 3.05) is 6.61 Å². The van der Waals surface area contributed by atoms with E-state index in [4.69, 9.17) is 14.3 Å². The molecular weight excluding hydrogens is 437 g/mol. The summed E-state index contributed by atoms with van der Waals surface area (Å²) in [5.41, 5.74) is 3.24. The molecule has 1 heterocycles. The summed E-state index contributed by atoms with van der Waals surface area (Å²) in [5.74, 6) is 1.68. The van der Waals surface area contributed by atoms with Gasteiger partial charge in [0.25, 0.3) is 0 Å². The SMILES string of the molecule is Cc1ccccc1P(Oc1ccccc1C(C)(C)C1=N[C@@H](C(C)(C)C)CO1)c1ccccc1C. The zero-order valence-corrected chi connectivity index (χ0v) is 22.3. The van der Waals surface area contributed by atoms with Crippen LogP contribution in [0.1, 0.15) is 51.3 Å². The van der Waals surface area contributed by atoms with E-state index in [1.807, 2.05) is 6.07 Å². The minimum absolute atomic E-state index is 0.0673. The van der Waals surface area contributed by atoms with Crippen molar-refractivity contribution in [3.05, 3.63) is 89.5 Å². The molecule has 3 aromatic rings. The van der Waals surface area contributed by atoms with Crippen molar-refractivity contribution >= 4 is 24.7 Å². The van der Waals surface area contributed by atoms with Crippen LogP contribution < -0.4 is 15.1 Å². The van der Waals surface area contributed by atoms with Gasteiger partial charge in [-0.25, -0.2) is 4.99 Å². The molecule has 0 saturated carbocycles. The standard InChI is InChI=1S/C30H36NO2P/c1-21-14-8-12-18-25(21)34(26-19-13-9-15-22(26)2)33-24-17-11-10-16-23(24)30(6,7)28-31-27(20-32-28)29(3,4)5/h8-19,27H,20H2,1-7H3/t27-/m1/s1. The normalized spacial score (nSPS) is 16.4. The summed E-state index contributed by atoms with van der Waals surface area (Å²) < 4.78 is 13.2. The van der Waals surface area contributed by atoms with E-state index < -0.39 is 13.6 Å². The van der Waals surface area contributed by atoms with E-state index in [0.29, 0.717) is 6.61 Å². The Labute approximate surface area is 206 Å². The lowest BCUT2D eigenvalue weighted by Gasteiger charge is -2.29. The Morgan fingerprint density at radius 3 is 1.85 bits per heavy atom. The van der Waals surface area contributed by atoms with Crippen molar-refractivity contribution < 1.29 is 9.26 Å². The average Bonchev–Trinajstić information content (AvgIpc) is 3.31. The second kappa shape index (κ2) is 9.55. The Morgan fingerprint density at radius 1 is 0.794 bits per heavy atom. The third-order valence-electron chi connectivity index (χ3n) is 6.60. The van der Waals surface area contributed by atoms with Gasteiger partial charge in [-0.15, -0.1) is 0 Å². The van der Waals surface area contributed by atoms with E-state index in [2.05, 4.69) is 115 Å². The average molecular weight is 474 g/mol. The molecule has 1 aliphatic heterocycles. The zero-order valence-electron chi connectivity index (χ0n) is 21.4. The molecule has 1 aliphatic rings. The molecule has 178 valence electrons. The monoisotopic (exact) mass is 473 g/mol. The van der Waals surface area contributed by atoms with Gasteiger partial charge >= 0.3 is 0 Å². The molecule has 0 bridgehead atoms. The Kier molecular flexibility index (Phi) is 6.87. The van der Waals surface area contributed by atoms with E-state index >= 15 is 0 Å². The fraction of sp³-hybridized carbons (Fsp3) is 0.367. The maximum Gasteiger partial charge on any atom is 0.194 e. The fourth-order valence-corrected chi connectivity index (χ4v) is 6.29. The van der Waals surface area contributed by atoms with Crippen LogP contribution in [0.5, 0.6) is 5.75 Å². The summed E-state index contributed by atoms with van der Waals surface area (Å²) in [4.78, 5) is 5.02. The second-order valence-corrected chi connectivity index (χ2v) is 12.4. The van der Waals surface area contributed by atoms with Gasteiger partial charge in [-0.05, 0) is 50.3 Å².